The first-order valence-corrected chi connectivity index (χ1v) is 4.99. The van der Waals surface area contributed by atoms with E-state index < -0.39 is 0 Å². The fourth-order valence-corrected chi connectivity index (χ4v) is 1.36. The molecule has 1 aliphatic rings. The van der Waals surface area contributed by atoms with Gasteiger partial charge >= 0.3 is 0 Å². The topological polar surface area (TPSA) is 19.4 Å². The summed E-state index contributed by atoms with van der Waals surface area (Å²) in [5.41, 5.74) is 1.12. The normalized spacial score (nSPS) is 15.2. The summed E-state index contributed by atoms with van der Waals surface area (Å²) in [5, 5.41) is 0. The van der Waals surface area contributed by atoms with Crippen LogP contribution in [0.15, 0.2) is 30.9 Å². The number of aromatic nitrogens is 1. The van der Waals surface area contributed by atoms with E-state index in [4.69, 9.17) is 0 Å². The first-order valence-electron chi connectivity index (χ1n) is 4.99. The van der Waals surface area contributed by atoms with Crippen molar-refractivity contribution in [3.05, 3.63) is 43.6 Å². The SMILES string of the molecule is CC(C)(C)N1C=CN(c2[c-]cncc2)[CH-]1.[Ir]. The van der Waals surface area contributed by atoms with E-state index in [-0.39, 0.29) is 25.6 Å². The Labute approximate surface area is 111 Å². The Kier molecular flexibility index (Phi) is 4.11. The average Bonchev–Trinajstić information content (AvgIpc) is 2.67. The van der Waals surface area contributed by atoms with Gasteiger partial charge < -0.3 is 14.8 Å². The summed E-state index contributed by atoms with van der Waals surface area (Å²) in [5.74, 6) is 0. The zero-order valence-corrected chi connectivity index (χ0v) is 12.0. The van der Waals surface area contributed by atoms with Crippen LogP contribution in [0, 0.1) is 12.7 Å². The van der Waals surface area contributed by atoms with Crippen molar-refractivity contribution in [2.45, 2.75) is 26.3 Å². The van der Waals surface area contributed by atoms with Gasteiger partial charge in [-0.3, -0.25) is 0 Å². The molecule has 1 aromatic heterocycles. The van der Waals surface area contributed by atoms with E-state index in [2.05, 4.69) is 49.6 Å². The van der Waals surface area contributed by atoms with Gasteiger partial charge in [0.2, 0.25) is 0 Å². The molecule has 0 fully saturated rings. The van der Waals surface area contributed by atoms with Crippen LogP contribution >= 0.6 is 0 Å². The summed E-state index contributed by atoms with van der Waals surface area (Å²) < 4.78 is 0. The van der Waals surface area contributed by atoms with Crippen molar-refractivity contribution in [1.29, 1.82) is 0 Å². The first-order chi connectivity index (χ1) is 7.07. The van der Waals surface area contributed by atoms with E-state index >= 15 is 0 Å². The molecule has 16 heavy (non-hydrogen) atoms. The molecule has 2 rings (SSSR count). The molecule has 0 spiro atoms. The predicted octanol–water partition coefficient (Wildman–Crippen LogP) is 2.39. The van der Waals surface area contributed by atoms with Crippen molar-refractivity contribution in [2.75, 3.05) is 4.90 Å². The third-order valence-corrected chi connectivity index (χ3v) is 2.29. The Morgan fingerprint density at radius 1 is 1.31 bits per heavy atom. The molecule has 89 valence electrons. The van der Waals surface area contributed by atoms with Gasteiger partial charge in [0.1, 0.15) is 0 Å². The van der Waals surface area contributed by atoms with Crippen LogP contribution in [0.1, 0.15) is 20.8 Å². The smallest absolute Gasteiger partial charge is 0.00416 e. The van der Waals surface area contributed by atoms with Crippen LogP contribution in [0.25, 0.3) is 0 Å². The van der Waals surface area contributed by atoms with Gasteiger partial charge in [0.15, 0.2) is 0 Å². The molecule has 2 heterocycles. The van der Waals surface area contributed by atoms with Crippen molar-refractivity contribution >= 4 is 5.69 Å². The van der Waals surface area contributed by atoms with E-state index in [1.807, 2.05) is 17.2 Å². The van der Waals surface area contributed by atoms with E-state index in [1.54, 1.807) is 12.4 Å². The van der Waals surface area contributed by atoms with Gasteiger partial charge in [0.25, 0.3) is 0 Å². The number of nitrogens with zero attached hydrogens (tertiary/aromatic N) is 3. The summed E-state index contributed by atoms with van der Waals surface area (Å²) in [7, 11) is 0. The second-order valence-corrected chi connectivity index (χ2v) is 4.52. The van der Waals surface area contributed by atoms with Crippen molar-refractivity contribution < 1.29 is 20.1 Å². The molecule has 1 aromatic rings. The van der Waals surface area contributed by atoms with Crippen LogP contribution < -0.4 is 4.90 Å². The van der Waals surface area contributed by atoms with Crippen LogP contribution in [0.3, 0.4) is 0 Å². The van der Waals surface area contributed by atoms with Gasteiger partial charge in [-0.25, -0.2) is 6.07 Å². The fourth-order valence-electron chi connectivity index (χ4n) is 1.36. The molecule has 1 radical (unpaired) electrons. The molecule has 0 aromatic carbocycles. The average molecular weight is 393 g/mol. The van der Waals surface area contributed by atoms with Crippen LogP contribution in [-0.4, -0.2) is 15.4 Å². The molecule has 0 unspecified atom stereocenters. The summed E-state index contributed by atoms with van der Waals surface area (Å²) >= 11 is 0. The second kappa shape index (κ2) is 4.98. The molecule has 3 nitrogen and oxygen atoms in total. The van der Waals surface area contributed by atoms with Crippen molar-refractivity contribution in [1.82, 2.24) is 9.88 Å². The summed E-state index contributed by atoms with van der Waals surface area (Å²) in [4.78, 5) is 8.15. The van der Waals surface area contributed by atoms with Gasteiger partial charge in [-0.15, -0.1) is 0 Å². The molecule has 0 atom stereocenters. The molecular formula is C12H15IrN3-2. The number of anilines is 1. The maximum atomic E-state index is 3.95. The summed E-state index contributed by atoms with van der Waals surface area (Å²) in [6.07, 6.45) is 7.54. The minimum Gasteiger partial charge on any atom is -0.510 e. The monoisotopic (exact) mass is 394 g/mol. The van der Waals surface area contributed by atoms with E-state index in [0.29, 0.717) is 0 Å². The van der Waals surface area contributed by atoms with Crippen molar-refractivity contribution in [3.8, 4) is 0 Å². The molecule has 0 bridgehead atoms. The molecule has 0 aliphatic carbocycles. The van der Waals surface area contributed by atoms with Crippen LogP contribution in [0.2, 0.25) is 0 Å². The fraction of sp³-hybridized carbons (Fsp3) is 0.333. The second-order valence-electron chi connectivity index (χ2n) is 4.52. The number of pyridine rings is 1. The Balaban J connectivity index is 0.00000128. The van der Waals surface area contributed by atoms with Crippen LogP contribution in [0.5, 0.6) is 0 Å². The largest absolute Gasteiger partial charge is 0.510 e. The Morgan fingerprint density at radius 3 is 2.56 bits per heavy atom. The first kappa shape index (κ1) is 13.2. The van der Waals surface area contributed by atoms with E-state index in [0.717, 1.165) is 5.69 Å². The summed E-state index contributed by atoms with van der Waals surface area (Å²) in [6.45, 7) is 8.58. The van der Waals surface area contributed by atoms with Crippen LogP contribution in [-0.2, 0) is 20.1 Å². The third kappa shape index (κ3) is 2.83. The number of rotatable bonds is 1. The Hall–Kier alpha value is -0.861. The zero-order valence-electron chi connectivity index (χ0n) is 9.64. The van der Waals surface area contributed by atoms with Gasteiger partial charge in [-0.1, -0.05) is 12.4 Å². The maximum absolute atomic E-state index is 3.95. The number of hydrogen-bond acceptors (Lipinski definition) is 3. The van der Waals surface area contributed by atoms with Gasteiger partial charge in [0, 0.05) is 25.6 Å². The molecule has 0 saturated carbocycles. The molecule has 4 heteroatoms. The van der Waals surface area contributed by atoms with Gasteiger partial charge in [-0.05, 0) is 33.2 Å². The third-order valence-electron chi connectivity index (χ3n) is 2.29. The van der Waals surface area contributed by atoms with E-state index in [9.17, 15) is 0 Å². The minimum atomic E-state index is 0. The van der Waals surface area contributed by atoms with Gasteiger partial charge in [0.05, 0.1) is 0 Å². The standard InChI is InChI=1S/C12H15N3.Ir/c1-12(2,3)15-9-8-14(10-15)11-4-6-13-7-5-11;/h4,6-10H,1-3H3;/q-2;. The Morgan fingerprint density at radius 2 is 2.06 bits per heavy atom. The Bertz CT molecular complexity index is 356. The van der Waals surface area contributed by atoms with Gasteiger partial charge in [-0.2, -0.15) is 18.4 Å². The van der Waals surface area contributed by atoms with E-state index in [1.165, 1.54) is 0 Å². The summed E-state index contributed by atoms with van der Waals surface area (Å²) in [6, 6.07) is 5.03. The zero-order chi connectivity index (χ0) is 10.9. The maximum Gasteiger partial charge on any atom is 0.00416 e. The number of hydrogen-bond donors (Lipinski definition) is 0. The van der Waals surface area contributed by atoms with Crippen molar-refractivity contribution in [3.63, 3.8) is 0 Å². The predicted molar refractivity (Wildman–Crippen MR) is 60.6 cm³/mol. The molecular weight excluding hydrogens is 378 g/mol. The quantitative estimate of drug-likeness (QED) is 0.683. The van der Waals surface area contributed by atoms with Crippen molar-refractivity contribution in [2.24, 2.45) is 0 Å². The molecule has 0 N–H and O–H groups in total. The molecule has 0 amide bonds. The molecule has 0 saturated heterocycles. The molecule has 1 aliphatic heterocycles. The van der Waals surface area contributed by atoms with Crippen LogP contribution in [0.4, 0.5) is 5.69 Å². The minimum absolute atomic E-state index is 0.